The number of benzene rings is 1. The van der Waals surface area contributed by atoms with Crippen LogP contribution in [-0.2, 0) is 17.1 Å². The number of amides is 1. The molecule has 11 heteroatoms. The van der Waals surface area contributed by atoms with Crippen molar-refractivity contribution < 1.29 is 23.2 Å². The van der Waals surface area contributed by atoms with Gasteiger partial charge < -0.3 is 4.74 Å². The number of fused-ring (bicyclic) bond motifs is 1. The van der Waals surface area contributed by atoms with Crippen LogP contribution in [0, 0.1) is 18.8 Å². The summed E-state index contributed by atoms with van der Waals surface area (Å²) >= 11 is 0. The summed E-state index contributed by atoms with van der Waals surface area (Å²) in [5.74, 6) is 4.92. The van der Waals surface area contributed by atoms with Crippen LogP contribution in [0.25, 0.3) is 11.0 Å². The molecule has 0 bridgehead atoms. The quantitative estimate of drug-likeness (QED) is 0.350. The smallest absolute Gasteiger partial charge is 0.294 e. The third-order valence-corrected chi connectivity index (χ3v) is 6.25. The summed E-state index contributed by atoms with van der Waals surface area (Å²) in [5.41, 5.74) is 1.03. The standard InChI is InChI=1S/C20H21N5O5S/c1-5-6-13-30-15-7-9-16(10-8-15)31(28,29)24(4)25(27)20(26)17-11-12-21-19-18(17)14(2)22-23(19)3/h7-12,27H,13H2,1-4H3. The minimum absolute atomic E-state index is 0.0534. The summed E-state index contributed by atoms with van der Waals surface area (Å²) in [7, 11) is -1.48. The Morgan fingerprint density at radius 3 is 2.58 bits per heavy atom. The number of hydrazine groups is 1. The lowest BCUT2D eigenvalue weighted by Crippen LogP contribution is -2.45. The summed E-state index contributed by atoms with van der Waals surface area (Å²) in [6.45, 7) is 3.55. The summed E-state index contributed by atoms with van der Waals surface area (Å²) in [6, 6.07) is 6.96. The van der Waals surface area contributed by atoms with E-state index in [0.717, 1.165) is 7.05 Å². The fourth-order valence-corrected chi connectivity index (χ4v) is 4.01. The fourth-order valence-electron chi connectivity index (χ4n) is 2.94. The van der Waals surface area contributed by atoms with E-state index < -0.39 is 15.9 Å². The predicted octanol–water partition coefficient (Wildman–Crippen LogP) is 1.75. The van der Waals surface area contributed by atoms with Gasteiger partial charge in [0, 0.05) is 20.3 Å². The van der Waals surface area contributed by atoms with Gasteiger partial charge in [0.15, 0.2) is 5.65 Å². The van der Waals surface area contributed by atoms with Crippen molar-refractivity contribution in [2.75, 3.05) is 13.7 Å². The van der Waals surface area contributed by atoms with Gasteiger partial charge in [0.1, 0.15) is 12.4 Å². The Balaban J connectivity index is 1.87. The van der Waals surface area contributed by atoms with E-state index in [1.807, 2.05) is 0 Å². The number of hydroxylamine groups is 1. The van der Waals surface area contributed by atoms with Gasteiger partial charge in [0.2, 0.25) is 0 Å². The topological polar surface area (TPSA) is 118 Å². The zero-order valence-corrected chi connectivity index (χ0v) is 18.2. The molecule has 0 aliphatic heterocycles. The molecule has 3 aromatic rings. The van der Waals surface area contributed by atoms with E-state index in [0.29, 0.717) is 26.9 Å². The third kappa shape index (κ3) is 4.22. The minimum Gasteiger partial charge on any atom is -0.481 e. The van der Waals surface area contributed by atoms with Crippen LogP contribution in [0.3, 0.4) is 0 Å². The first-order valence-electron chi connectivity index (χ1n) is 9.11. The summed E-state index contributed by atoms with van der Waals surface area (Å²) < 4.78 is 33.1. The molecular formula is C20H21N5O5S. The lowest BCUT2D eigenvalue weighted by atomic mass is 10.1. The van der Waals surface area contributed by atoms with E-state index in [2.05, 4.69) is 21.9 Å². The number of hydrogen-bond acceptors (Lipinski definition) is 7. The van der Waals surface area contributed by atoms with E-state index in [-0.39, 0.29) is 22.2 Å². The van der Waals surface area contributed by atoms with E-state index in [4.69, 9.17) is 4.74 Å². The van der Waals surface area contributed by atoms with E-state index >= 15 is 0 Å². The number of aryl methyl sites for hydroxylation is 2. The number of aromatic nitrogens is 3. The predicted molar refractivity (Wildman–Crippen MR) is 112 cm³/mol. The summed E-state index contributed by atoms with van der Waals surface area (Å²) in [6.07, 6.45) is 1.39. The van der Waals surface area contributed by atoms with Gasteiger partial charge in [-0.3, -0.25) is 14.7 Å². The number of ether oxygens (including phenoxy) is 1. The molecular weight excluding hydrogens is 422 g/mol. The van der Waals surface area contributed by atoms with Crippen LogP contribution < -0.4 is 4.74 Å². The van der Waals surface area contributed by atoms with Crippen molar-refractivity contribution >= 4 is 27.0 Å². The molecule has 0 radical (unpaired) electrons. The number of carbonyl (C=O) groups is 1. The highest BCUT2D eigenvalue weighted by molar-refractivity contribution is 7.89. The minimum atomic E-state index is -4.22. The fraction of sp³-hybridized carbons (Fsp3) is 0.250. The normalized spacial score (nSPS) is 11.3. The first kappa shape index (κ1) is 22.2. The molecule has 0 unspecified atom stereocenters. The second kappa shape index (κ2) is 8.73. The van der Waals surface area contributed by atoms with Gasteiger partial charge in [-0.25, -0.2) is 13.4 Å². The molecule has 1 N–H and O–H groups in total. The van der Waals surface area contributed by atoms with Crippen LogP contribution >= 0.6 is 0 Å². The highest BCUT2D eigenvalue weighted by atomic mass is 32.2. The molecule has 1 amide bonds. The van der Waals surface area contributed by atoms with Crippen molar-refractivity contribution in [2.45, 2.75) is 18.7 Å². The van der Waals surface area contributed by atoms with Crippen LogP contribution in [0.5, 0.6) is 5.75 Å². The number of hydrogen-bond donors (Lipinski definition) is 1. The Morgan fingerprint density at radius 1 is 1.26 bits per heavy atom. The lowest BCUT2D eigenvalue weighted by Gasteiger charge is -2.25. The van der Waals surface area contributed by atoms with Crippen LogP contribution in [0.4, 0.5) is 0 Å². The number of pyridine rings is 1. The van der Waals surface area contributed by atoms with Crippen molar-refractivity contribution in [1.82, 2.24) is 24.4 Å². The molecule has 0 saturated heterocycles. The average molecular weight is 443 g/mol. The maximum absolute atomic E-state index is 12.9. The Labute approximate surface area is 179 Å². The highest BCUT2D eigenvalue weighted by Gasteiger charge is 2.31. The van der Waals surface area contributed by atoms with Crippen LogP contribution in [0.1, 0.15) is 23.0 Å². The van der Waals surface area contributed by atoms with E-state index in [1.54, 1.807) is 20.9 Å². The zero-order valence-electron chi connectivity index (χ0n) is 17.4. The molecule has 0 saturated carbocycles. The first-order valence-corrected chi connectivity index (χ1v) is 10.6. The van der Waals surface area contributed by atoms with Gasteiger partial charge in [-0.1, -0.05) is 10.3 Å². The van der Waals surface area contributed by atoms with Crippen molar-refractivity contribution in [3.05, 3.63) is 47.8 Å². The molecule has 0 aliphatic rings. The van der Waals surface area contributed by atoms with Crippen molar-refractivity contribution in [3.8, 4) is 17.6 Å². The Hall–Kier alpha value is -3.46. The van der Waals surface area contributed by atoms with Crippen molar-refractivity contribution in [2.24, 2.45) is 7.05 Å². The Bertz CT molecular complexity index is 1290. The molecule has 31 heavy (non-hydrogen) atoms. The second-order valence-corrected chi connectivity index (χ2v) is 8.44. The van der Waals surface area contributed by atoms with Gasteiger partial charge in [0.05, 0.1) is 21.5 Å². The molecule has 3 rings (SSSR count). The van der Waals surface area contributed by atoms with Gasteiger partial charge in [-0.05, 0) is 44.2 Å². The SMILES string of the molecule is CC#CCOc1ccc(S(=O)(=O)N(C)N(O)C(=O)c2ccnc3c2c(C)nn3C)cc1. The Morgan fingerprint density at radius 2 is 1.94 bits per heavy atom. The van der Waals surface area contributed by atoms with Crippen LogP contribution in [-0.4, -0.2) is 57.5 Å². The van der Waals surface area contributed by atoms with Crippen LogP contribution in [0.2, 0.25) is 0 Å². The van der Waals surface area contributed by atoms with Gasteiger partial charge >= 0.3 is 0 Å². The molecule has 2 aromatic heterocycles. The molecule has 1 aromatic carbocycles. The largest absolute Gasteiger partial charge is 0.481 e. The highest BCUT2D eigenvalue weighted by Crippen LogP contribution is 2.24. The van der Waals surface area contributed by atoms with Crippen LogP contribution in [0.15, 0.2) is 41.4 Å². The zero-order chi connectivity index (χ0) is 22.8. The maximum Gasteiger partial charge on any atom is 0.294 e. The van der Waals surface area contributed by atoms with Crippen molar-refractivity contribution in [3.63, 3.8) is 0 Å². The third-order valence-electron chi connectivity index (χ3n) is 4.54. The number of sulfonamides is 1. The lowest BCUT2D eigenvalue weighted by molar-refractivity contribution is -0.149. The number of nitrogens with zero attached hydrogens (tertiary/aromatic N) is 5. The van der Waals surface area contributed by atoms with Crippen molar-refractivity contribution in [1.29, 1.82) is 0 Å². The summed E-state index contributed by atoms with van der Waals surface area (Å²) in [4.78, 5) is 17.0. The van der Waals surface area contributed by atoms with E-state index in [9.17, 15) is 18.4 Å². The molecule has 0 atom stereocenters. The van der Waals surface area contributed by atoms with Gasteiger partial charge in [-0.2, -0.15) is 5.10 Å². The van der Waals surface area contributed by atoms with Gasteiger partial charge in [-0.15, -0.1) is 11.1 Å². The second-order valence-electron chi connectivity index (χ2n) is 6.49. The molecule has 0 spiro atoms. The molecule has 10 nitrogen and oxygen atoms in total. The molecule has 162 valence electrons. The Kier molecular flexibility index (Phi) is 6.26. The number of rotatable bonds is 6. The average Bonchev–Trinajstić information content (AvgIpc) is 3.06. The van der Waals surface area contributed by atoms with Gasteiger partial charge in [0.25, 0.3) is 15.9 Å². The number of carbonyl (C=O) groups excluding carboxylic acids is 1. The van der Waals surface area contributed by atoms with E-state index in [1.165, 1.54) is 41.2 Å². The molecule has 0 aliphatic carbocycles. The monoisotopic (exact) mass is 443 g/mol. The first-order chi connectivity index (χ1) is 14.7. The molecule has 2 heterocycles. The molecule has 0 fully saturated rings. The maximum atomic E-state index is 12.9. The summed E-state index contributed by atoms with van der Waals surface area (Å²) in [5, 5.41) is 15.1.